The number of methoxy groups -OCH3 is 2. The molecule has 0 aliphatic carbocycles. The molecule has 2 aromatic carbocycles. The van der Waals surface area contributed by atoms with E-state index in [0.717, 1.165) is 0 Å². The predicted molar refractivity (Wildman–Crippen MR) is 130 cm³/mol. The number of piperidine rings is 1. The number of anilines is 2. The van der Waals surface area contributed by atoms with Gasteiger partial charge in [0.2, 0.25) is 15.9 Å². The van der Waals surface area contributed by atoms with Crippen molar-refractivity contribution < 1.29 is 32.2 Å². The first-order valence-electron chi connectivity index (χ1n) is 11.3. The second-order valence-corrected chi connectivity index (χ2v) is 10.5. The van der Waals surface area contributed by atoms with Crippen molar-refractivity contribution in [2.75, 3.05) is 37.9 Å². The maximum absolute atomic E-state index is 13.6. The van der Waals surface area contributed by atoms with E-state index in [4.69, 9.17) is 14.2 Å². The zero-order valence-corrected chi connectivity index (χ0v) is 20.9. The molecule has 0 spiro atoms. The third-order valence-corrected chi connectivity index (χ3v) is 8.25. The first-order valence-corrected chi connectivity index (χ1v) is 12.7. The molecule has 2 aliphatic heterocycles. The highest BCUT2D eigenvalue weighted by molar-refractivity contribution is 7.89. The van der Waals surface area contributed by atoms with Crippen molar-refractivity contribution in [3.8, 4) is 17.2 Å². The number of nitrogens with zero attached hydrogens (tertiary/aromatic N) is 1. The molecule has 4 rings (SSSR count). The van der Waals surface area contributed by atoms with Crippen molar-refractivity contribution in [1.82, 2.24) is 4.31 Å². The van der Waals surface area contributed by atoms with Crippen LogP contribution in [0.4, 0.5) is 11.4 Å². The van der Waals surface area contributed by atoms with Crippen molar-refractivity contribution >= 4 is 33.2 Å². The van der Waals surface area contributed by atoms with Gasteiger partial charge < -0.3 is 24.8 Å². The number of rotatable bonds is 6. The molecule has 0 bridgehead atoms. The number of nitrogens with one attached hydrogen (secondary N) is 2. The number of benzene rings is 2. The summed E-state index contributed by atoms with van der Waals surface area (Å²) in [5, 5.41) is 5.58. The van der Waals surface area contributed by atoms with Crippen LogP contribution in [-0.2, 0) is 19.6 Å². The Labute approximate surface area is 204 Å². The SMILES string of the molecule is COc1ccc(OC)c(NC(=O)[C@@H]2CCCN(S(=O)(=O)c3cc4c(cc3C)NC(=O)[C@@H](C)O4)C2)c1. The van der Waals surface area contributed by atoms with Gasteiger partial charge in [-0.25, -0.2) is 8.42 Å². The van der Waals surface area contributed by atoms with Gasteiger partial charge >= 0.3 is 0 Å². The lowest BCUT2D eigenvalue weighted by Gasteiger charge is -2.32. The van der Waals surface area contributed by atoms with Crippen LogP contribution in [0.15, 0.2) is 35.2 Å². The average Bonchev–Trinajstić information content (AvgIpc) is 2.84. The molecule has 2 heterocycles. The zero-order chi connectivity index (χ0) is 25.3. The van der Waals surface area contributed by atoms with Crippen LogP contribution in [-0.4, -0.2) is 58.0 Å². The summed E-state index contributed by atoms with van der Waals surface area (Å²) in [6.45, 7) is 3.61. The summed E-state index contributed by atoms with van der Waals surface area (Å²) in [4.78, 5) is 25.1. The normalized spacial score (nSPS) is 20.3. The maximum atomic E-state index is 13.6. The highest BCUT2D eigenvalue weighted by atomic mass is 32.2. The number of carbonyl (C=O) groups is 2. The van der Waals surface area contributed by atoms with Crippen LogP contribution in [0.3, 0.4) is 0 Å². The minimum absolute atomic E-state index is 0.0466. The average molecular weight is 504 g/mol. The summed E-state index contributed by atoms with van der Waals surface area (Å²) < 4.78 is 44.6. The summed E-state index contributed by atoms with van der Waals surface area (Å²) in [6.07, 6.45) is 0.373. The number of ether oxygens (including phenoxy) is 3. The molecule has 0 unspecified atom stereocenters. The van der Waals surface area contributed by atoms with Crippen LogP contribution < -0.4 is 24.8 Å². The fourth-order valence-corrected chi connectivity index (χ4v) is 6.03. The molecule has 11 heteroatoms. The van der Waals surface area contributed by atoms with Crippen LogP contribution in [0.25, 0.3) is 0 Å². The van der Waals surface area contributed by atoms with E-state index in [1.54, 1.807) is 38.1 Å². The molecular weight excluding hydrogens is 474 g/mol. The van der Waals surface area contributed by atoms with Crippen LogP contribution in [0.5, 0.6) is 17.2 Å². The minimum atomic E-state index is -3.90. The Hall–Kier alpha value is -3.31. The molecule has 35 heavy (non-hydrogen) atoms. The molecule has 1 saturated heterocycles. The van der Waals surface area contributed by atoms with Gasteiger partial charge in [-0.05, 0) is 50.5 Å². The van der Waals surface area contributed by atoms with Gasteiger partial charge in [0.15, 0.2) is 6.10 Å². The maximum Gasteiger partial charge on any atom is 0.265 e. The van der Waals surface area contributed by atoms with Crippen molar-refractivity contribution in [3.05, 3.63) is 35.9 Å². The Morgan fingerprint density at radius 1 is 1.20 bits per heavy atom. The number of hydrogen-bond acceptors (Lipinski definition) is 7. The van der Waals surface area contributed by atoms with Gasteiger partial charge in [0.05, 0.1) is 36.4 Å². The molecule has 1 fully saturated rings. The van der Waals surface area contributed by atoms with E-state index in [1.807, 2.05) is 0 Å². The molecule has 2 amide bonds. The lowest BCUT2D eigenvalue weighted by molar-refractivity contribution is -0.123. The van der Waals surface area contributed by atoms with Gasteiger partial charge in [0, 0.05) is 25.2 Å². The van der Waals surface area contributed by atoms with E-state index in [-0.39, 0.29) is 23.3 Å². The fourth-order valence-electron chi connectivity index (χ4n) is 4.28. The molecule has 0 aromatic heterocycles. The van der Waals surface area contributed by atoms with Crippen molar-refractivity contribution in [2.24, 2.45) is 5.92 Å². The lowest BCUT2D eigenvalue weighted by Crippen LogP contribution is -2.44. The largest absolute Gasteiger partial charge is 0.497 e. The van der Waals surface area contributed by atoms with Crippen molar-refractivity contribution in [2.45, 2.75) is 37.7 Å². The van der Waals surface area contributed by atoms with Gasteiger partial charge in [-0.1, -0.05) is 0 Å². The van der Waals surface area contributed by atoms with E-state index in [9.17, 15) is 18.0 Å². The number of sulfonamides is 1. The van der Waals surface area contributed by atoms with Crippen LogP contribution in [0.2, 0.25) is 0 Å². The Balaban J connectivity index is 1.55. The monoisotopic (exact) mass is 503 g/mol. The predicted octanol–water partition coefficient (Wildman–Crippen LogP) is 2.77. The minimum Gasteiger partial charge on any atom is -0.497 e. The summed E-state index contributed by atoms with van der Waals surface area (Å²) in [6, 6.07) is 8.11. The van der Waals surface area contributed by atoms with Gasteiger partial charge in [-0.15, -0.1) is 0 Å². The number of carbonyl (C=O) groups excluding carboxylic acids is 2. The van der Waals surface area contributed by atoms with Crippen molar-refractivity contribution in [3.63, 3.8) is 0 Å². The number of aryl methyl sites for hydroxylation is 1. The molecular formula is C24H29N3O7S. The fraction of sp³-hybridized carbons (Fsp3) is 0.417. The van der Waals surface area contributed by atoms with E-state index >= 15 is 0 Å². The number of amides is 2. The summed E-state index contributed by atoms with van der Waals surface area (Å²) in [5.74, 6) is 0.221. The first kappa shape index (κ1) is 24.8. The summed E-state index contributed by atoms with van der Waals surface area (Å²) >= 11 is 0. The Morgan fingerprint density at radius 2 is 1.97 bits per heavy atom. The van der Waals surface area contributed by atoms with Crippen LogP contribution in [0, 0.1) is 12.8 Å². The number of fused-ring (bicyclic) bond motifs is 1. The standard InChI is InChI=1S/C24H29N3O7S/c1-14-10-18-21(34-15(2)23(28)25-18)12-22(14)35(30,31)27-9-5-6-16(13-27)24(29)26-19-11-17(32-3)7-8-20(19)33-4/h7-8,10-12,15-16H,5-6,9,13H2,1-4H3,(H,25,28)(H,26,29)/t15-,16-/m1/s1. The molecule has 2 N–H and O–H groups in total. The Morgan fingerprint density at radius 3 is 2.69 bits per heavy atom. The summed E-state index contributed by atoms with van der Waals surface area (Å²) in [7, 11) is -0.873. The third kappa shape index (κ3) is 4.92. The van der Waals surface area contributed by atoms with Crippen LogP contribution in [0.1, 0.15) is 25.3 Å². The third-order valence-electron chi connectivity index (χ3n) is 6.25. The summed E-state index contributed by atoms with van der Waals surface area (Å²) in [5.41, 5.74) is 1.37. The molecule has 10 nitrogen and oxygen atoms in total. The highest BCUT2D eigenvalue weighted by Crippen LogP contribution is 2.36. The van der Waals surface area contributed by atoms with Crippen molar-refractivity contribution in [1.29, 1.82) is 0 Å². The lowest BCUT2D eigenvalue weighted by atomic mass is 9.98. The molecule has 0 radical (unpaired) electrons. The second-order valence-electron chi connectivity index (χ2n) is 8.62. The second kappa shape index (κ2) is 9.74. The van der Waals surface area contributed by atoms with Gasteiger partial charge in [0.25, 0.3) is 5.91 Å². The van der Waals surface area contributed by atoms with E-state index in [1.165, 1.54) is 24.6 Å². The van der Waals surface area contributed by atoms with Gasteiger partial charge in [-0.3, -0.25) is 9.59 Å². The molecule has 0 saturated carbocycles. The topological polar surface area (TPSA) is 123 Å². The highest BCUT2D eigenvalue weighted by Gasteiger charge is 2.35. The zero-order valence-electron chi connectivity index (χ0n) is 20.1. The molecule has 2 aromatic rings. The Kier molecular flexibility index (Phi) is 6.91. The smallest absolute Gasteiger partial charge is 0.265 e. The van der Waals surface area contributed by atoms with Gasteiger partial charge in [0.1, 0.15) is 17.2 Å². The quantitative estimate of drug-likeness (QED) is 0.621. The molecule has 188 valence electrons. The number of hydrogen-bond donors (Lipinski definition) is 2. The van der Waals surface area contributed by atoms with E-state index in [2.05, 4.69) is 10.6 Å². The van der Waals surface area contributed by atoms with Crippen LogP contribution >= 0.6 is 0 Å². The molecule has 2 atom stereocenters. The molecule has 2 aliphatic rings. The van der Waals surface area contributed by atoms with E-state index in [0.29, 0.717) is 53.6 Å². The van der Waals surface area contributed by atoms with Gasteiger partial charge in [-0.2, -0.15) is 4.31 Å². The first-order chi connectivity index (χ1) is 16.6. The van der Waals surface area contributed by atoms with E-state index < -0.39 is 22.0 Å². The Bertz CT molecular complexity index is 1260.